The van der Waals surface area contributed by atoms with Gasteiger partial charge < -0.3 is 4.90 Å². The van der Waals surface area contributed by atoms with Crippen molar-refractivity contribution in [2.24, 2.45) is 5.92 Å². The van der Waals surface area contributed by atoms with Gasteiger partial charge in [-0.1, -0.05) is 72.3 Å². The van der Waals surface area contributed by atoms with Crippen LogP contribution in [0.4, 0.5) is 0 Å². The zero-order chi connectivity index (χ0) is 24.0. The van der Waals surface area contributed by atoms with Crippen LogP contribution in [0.25, 0.3) is 6.08 Å². The number of nitrogens with zero attached hydrogens (tertiary/aromatic N) is 3. The van der Waals surface area contributed by atoms with Crippen LogP contribution in [-0.4, -0.2) is 74.2 Å². The molecule has 0 atom stereocenters. The van der Waals surface area contributed by atoms with Gasteiger partial charge in [-0.25, -0.2) is 12.7 Å². The Balaban J connectivity index is 1.21. The second-order valence-electron chi connectivity index (χ2n) is 9.36. The summed E-state index contributed by atoms with van der Waals surface area (Å²) in [7, 11) is -3.37. The summed E-state index contributed by atoms with van der Waals surface area (Å²) in [4.78, 5) is 17.4. The fourth-order valence-corrected chi connectivity index (χ4v) is 6.35. The molecule has 2 saturated heterocycles. The van der Waals surface area contributed by atoms with E-state index in [4.69, 9.17) is 0 Å². The van der Waals surface area contributed by atoms with Crippen molar-refractivity contribution < 1.29 is 13.2 Å². The summed E-state index contributed by atoms with van der Waals surface area (Å²) in [6.07, 6.45) is 5.52. The molecular weight excluding hydrogens is 446 g/mol. The molecule has 2 aromatic rings. The minimum atomic E-state index is -3.37. The maximum absolute atomic E-state index is 13.1. The minimum absolute atomic E-state index is 0.0218. The van der Waals surface area contributed by atoms with Gasteiger partial charge in [0.15, 0.2) is 0 Å². The maximum Gasteiger partial charge on any atom is 0.225 e. The SMILES string of the molecule is Cc1cccc(CS(=O)(=O)N2CCC(C(=O)N3CCN(C/C=C/c4ccccc4)CC3)CC2)c1. The van der Waals surface area contributed by atoms with E-state index in [1.807, 2.05) is 54.3 Å². The van der Waals surface area contributed by atoms with Crippen molar-refractivity contribution in [3.05, 3.63) is 77.4 Å². The zero-order valence-corrected chi connectivity index (χ0v) is 20.8. The molecule has 2 fully saturated rings. The molecule has 2 aromatic carbocycles. The third-order valence-corrected chi connectivity index (χ3v) is 8.64. The van der Waals surface area contributed by atoms with Gasteiger partial charge >= 0.3 is 0 Å². The van der Waals surface area contributed by atoms with Crippen molar-refractivity contribution in [1.82, 2.24) is 14.1 Å². The first kappa shape index (κ1) is 24.6. The van der Waals surface area contributed by atoms with Crippen molar-refractivity contribution >= 4 is 22.0 Å². The van der Waals surface area contributed by atoms with Crippen molar-refractivity contribution in [2.75, 3.05) is 45.8 Å². The van der Waals surface area contributed by atoms with Gasteiger partial charge in [0.2, 0.25) is 15.9 Å². The first-order valence-corrected chi connectivity index (χ1v) is 13.8. The highest BCUT2D eigenvalue weighted by Gasteiger charge is 2.34. The standard InChI is InChI=1S/C27H35N3O3S/c1-23-7-5-10-25(21-23)22-34(32,33)30-15-12-26(13-16-30)27(31)29-19-17-28(18-20-29)14-6-11-24-8-3-2-4-9-24/h2-11,21,26H,12-20,22H2,1H3/b11-6+. The Kier molecular flexibility index (Phi) is 8.19. The lowest BCUT2D eigenvalue weighted by molar-refractivity contribution is -0.138. The maximum atomic E-state index is 13.1. The quantitative estimate of drug-likeness (QED) is 0.608. The van der Waals surface area contributed by atoms with Gasteiger partial charge in [0.05, 0.1) is 5.75 Å². The summed E-state index contributed by atoms with van der Waals surface area (Å²) in [6.45, 7) is 6.92. The average Bonchev–Trinajstić information content (AvgIpc) is 2.84. The van der Waals surface area contributed by atoms with Crippen LogP contribution in [0, 0.1) is 12.8 Å². The highest BCUT2D eigenvalue weighted by Crippen LogP contribution is 2.24. The molecule has 0 aliphatic carbocycles. The number of carbonyl (C=O) groups excluding carboxylic acids is 1. The molecule has 0 spiro atoms. The van der Waals surface area contributed by atoms with Gasteiger partial charge in [0.25, 0.3) is 0 Å². The Labute approximate surface area is 203 Å². The molecule has 0 radical (unpaired) electrons. The number of benzene rings is 2. The number of hydrogen-bond acceptors (Lipinski definition) is 4. The lowest BCUT2D eigenvalue weighted by Crippen LogP contribution is -2.51. The van der Waals surface area contributed by atoms with E-state index < -0.39 is 10.0 Å². The number of hydrogen-bond donors (Lipinski definition) is 0. The fourth-order valence-electron chi connectivity index (χ4n) is 4.80. The van der Waals surface area contributed by atoms with Gasteiger partial charge in [-0.3, -0.25) is 9.69 Å². The molecule has 2 aliphatic heterocycles. The van der Waals surface area contributed by atoms with E-state index in [1.54, 1.807) is 4.31 Å². The van der Waals surface area contributed by atoms with E-state index in [2.05, 4.69) is 29.2 Å². The van der Waals surface area contributed by atoms with Crippen molar-refractivity contribution in [3.63, 3.8) is 0 Å². The monoisotopic (exact) mass is 481 g/mol. The van der Waals surface area contributed by atoms with Gasteiger partial charge in [-0.15, -0.1) is 0 Å². The molecular formula is C27H35N3O3S. The molecule has 1 amide bonds. The molecule has 7 heteroatoms. The third-order valence-electron chi connectivity index (χ3n) is 6.79. The van der Waals surface area contributed by atoms with Gasteiger partial charge in [0.1, 0.15) is 0 Å². The number of rotatable bonds is 7. The summed E-state index contributed by atoms with van der Waals surface area (Å²) in [6, 6.07) is 17.9. The highest BCUT2D eigenvalue weighted by atomic mass is 32.2. The molecule has 0 aromatic heterocycles. The van der Waals surface area contributed by atoms with Crippen LogP contribution in [0.15, 0.2) is 60.7 Å². The number of sulfonamides is 1. The Morgan fingerprint density at radius 3 is 2.32 bits per heavy atom. The van der Waals surface area contributed by atoms with Gasteiger partial charge in [-0.05, 0) is 30.9 Å². The second-order valence-corrected chi connectivity index (χ2v) is 11.3. The predicted octanol–water partition coefficient (Wildman–Crippen LogP) is 3.39. The minimum Gasteiger partial charge on any atom is -0.340 e. The average molecular weight is 482 g/mol. The van der Waals surface area contributed by atoms with E-state index in [1.165, 1.54) is 5.56 Å². The summed E-state index contributed by atoms with van der Waals surface area (Å²) in [5.41, 5.74) is 3.07. The van der Waals surface area contributed by atoms with Crippen LogP contribution in [0.2, 0.25) is 0 Å². The number of aryl methyl sites for hydroxylation is 1. The molecule has 34 heavy (non-hydrogen) atoms. The summed E-state index contributed by atoms with van der Waals surface area (Å²) in [5, 5.41) is 0. The topological polar surface area (TPSA) is 60.9 Å². The van der Waals surface area contributed by atoms with E-state index in [0.717, 1.165) is 43.9 Å². The zero-order valence-electron chi connectivity index (χ0n) is 20.0. The van der Waals surface area contributed by atoms with Crippen LogP contribution < -0.4 is 0 Å². The van der Waals surface area contributed by atoms with E-state index >= 15 is 0 Å². The first-order valence-electron chi connectivity index (χ1n) is 12.2. The molecule has 0 bridgehead atoms. The van der Waals surface area contributed by atoms with Gasteiger partial charge in [-0.2, -0.15) is 0 Å². The molecule has 0 unspecified atom stereocenters. The molecule has 0 N–H and O–H groups in total. The van der Waals surface area contributed by atoms with Crippen LogP contribution >= 0.6 is 0 Å². The van der Waals surface area contributed by atoms with Crippen molar-refractivity contribution in [2.45, 2.75) is 25.5 Å². The fraction of sp³-hybridized carbons (Fsp3) is 0.444. The Hall–Kier alpha value is -2.48. The summed E-state index contributed by atoms with van der Waals surface area (Å²) >= 11 is 0. The van der Waals surface area contributed by atoms with E-state index in [9.17, 15) is 13.2 Å². The Bertz CT molecular complexity index is 1090. The lowest BCUT2D eigenvalue weighted by atomic mass is 9.96. The van der Waals surface area contributed by atoms with Crippen LogP contribution in [-0.2, 0) is 20.6 Å². The lowest BCUT2D eigenvalue weighted by Gasteiger charge is -2.38. The first-order chi connectivity index (χ1) is 16.4. The summed E-state index contributed by atoms with van der Waals surface area (Å²) in [5.74, 6) is 0.138. The molecule has 6 nitrogen and oxygen atoms in total. The van der Waals surface area contributed by atoms with E-state index in [-0.39, 0.29) is 17.6 Å². The molecule has 182 valence electrons. The third kappa shape index (κ3) is 6.56. The highest BCUT2D eigenvalue weighted by molar-refractivity contribution is 7.88. The van der Waals surface area contributed by atoms with Crippen molar-refractivity contribution in [3.8, 4) is 0 Å². The second kappa shape index (κ2) is 11.3. The van der Waals surface area contributed by atoms with Gasteiger partial charge in [0, 0.05) is 51.7 Å². The molecule has 0 saturated carbocycles. The van der Waals surface area contributed by atoms with E-state index in [0.29, 0.717) is 25.9 Å². The van der Waals surface area contributed by atoms with Crippen LogP contribution in [0.1, 0.15) is 29.5 Å². The largest absolute Gasteiger partial charge is 0.340 e. The normalized spacial score (nSPS) is 19.0. The number of piperidine rings is 1. The number of piperazine rings is 1. The summed E-state index contributed by atoms with van der Waals surface area (Å²) < 4.78 is 27.3. The Morgan fingerprint density at radius 2 is 1.65 bits per heavy atom. The number of carbonyl (C=O) groups is 1. The molecule has 2 heterocycles. The molecule has 2 aliphatic rings. The Morgan fingerprint density at radius 1 is 0.941 bits per heavy atom. The molecule has 4 rings (SSSR count). The predicted molar refractivity (Wildman–Crippen MR) is 137 cm³/mol. The van der Waals surface area contributed by atoms with Crippen LogP contribution in [0.3, 0.4) is 0 Å². The number of amides is 1. The van der Waals surface area contributed by atoms with Crippen molar-refractivity contribution in [1.29, 1.82) is 0 Å². The smallest absolute Gasteiger partial charge is 0.225 e. The van der Waals surface area contributed by atoms with Crippen LogP contribution in [0.5, 0.6) is 0 Å².